The van der Waals surface area contributed by atoms with Crippen LogP contribution in [0.25, 0.3) is 0 Å². The minimum atomic E-state index is -1.07. The Labute approximate surface area is 265 Å². The van der Waals surface area contributed by atoms with Gasteiger partial charge in [0.25, 0.3) is 5.91 Å². The van der Waals surface area contributed by atoms with Crippen LogP contribution >= 0.6 is 0 Å². The minimum Gasteiger partial charge on any atom is -0.493 e. The predicted octanol–water partition coefficient (Wildman–Crippen LogP) is 5.45. The molecule has 1 aromatic rings. The van der Waals surface area contributed by atoms with E-state index in [4.69, 9.17) is 19.9 Å². The molecule has 5 atom stereocenters. The van der Waals surface area contributed by atoms with Gasteiger partial charge in [-0.15, -0.1) is 0 Å². The zero-order valence-corrected chi connectivity index (χ0v) is 28.5. The molecule has 1 aromatic carbocycles. The van der Waals surface area contributed by atoms with Gasteiger partial charge in [0.1, 0.15) is 17.4 Å². The van der Waals surface area contributed by atoms with Crippen molar-refractivity contribution in [1.29, 1.82) is 0 Å². The second kappa shape index (κ2) is 19.5. The van der Waals surface area contributed by atoms with E-state index < -0.39 is 47.6 Å². The average Bonchev–Trinajstić information content (AvgIpc) is 2.93. The van der Waals surface area contributed by atoms with Crippen molar-refractivity contribution in [3.63, 3.8) is 0 Å². The number of primary amides is 1. The average molecular weight is 622 g/mol. The number of para-hydroxylation sites is 1. The molecule has 10 heteroatoms. The normalized spacial score (nSPS) is 15.3. The predicted molar refractivity (Wildman–Crippen MR) is 173 cm³/mol. The van der Waals surface area contributed by atoms with Crippen LogP contribution in [0.5, 0.6) is 5.75 Å². The Morgan fingerprint density at radius 1 is 0.955 bits per heavy atom. The quantitative estimate of drug-likeness (QED) is 0.141. The lowest BCUT2D eigenvalue weighted by Gasteiger charge is -2.35. The zero-order valence-electron chi connectivity index (χ0n) is 28.5. The van der Waals surface area contributed by atoms with E-state index in [-0.39, 0.29) is 23.8 Å². The van der Waals surface area contributed by atoms with Crippen LogP contribution in [0.3, 0.4) is 0 Å². The highest BCUT2D eigenvalue weighted by Gasteiger charge is 2.37. The van der Waals surface area contributed by atoms with Crippen molar-refractivity contribution in [2.24, 2.45) is 29.4 Å². The largest absolute Gasteiger partial charge is 0.493 e. The first-order valence-electron chi connectivity index (χ1n) is 16.1. The molecule has 252 valence electrons. The van der Waals surface area contributed by atoms with E-state index in [1.165, 1.54) is 0 Å². The van der Waals surface area contributed by atoms with E-state index in [0.29, 0.717) is 37.7 Å². The fourth-order valence-electron chi connectivity index (χ4n) is 5.30. The molecule has 0 aliphatic heterocycles. The summed E-state index contributed by atoms with van der Waals surface area (Å²) in [5.74, 6) is -0.871. The first-order chi connectivity index (χ1) is 20.6. The number of alkyl carbamates (subject to hydrolysis) is 1. The number of rotatable bonds is 20. The second-order valence-electron chi connectivity index (χ2n) is 13.4. The fourth-order valence-corrected chi connectivity index (χ4v) is 5.30. The van der Waals surface area contributed by atoms with Crippen LogP contribution in [0.1, 0.15) is 104 Å². The minimum absolute atomic E-state index is 0.135. The molecule has 0 saturated heterocycles. The molecule has 0 saturated carbocycles. The summed E-state index contributed by atoms with van der Waals surface area (Å²) in [4.78, 5) is 39.3. The SMILES string of the molecule is CCCC[C@@H](C[C@H](O)[C@H](C[C@@H](C(C)C)C(NC(=O)c1ccccc1OCCCOC)C(N)=O)NC(=O)OC(C)(C)C)C(C)C. The Balaban J connectivity index is 3.31. The van der Waals surface area contributed by atoms with E-state index in [1.54, 1.807) is 52.1 Å². The van der Waals surface area contributed by atoms with E-state index >= 15 is 0 Å². The third kappa shape index (κ3) is 14.3. The Hall–Kier alpha value is -2.85. The van der Waals surface area contributed by atoms with Crippen molar-refractivity contribution in [3.8, 4) is 5.75 Å². The number of carbonyl (C=O) groups is 3. The molecule has 0 aromatic heterocycles. The molecule has 44 heavy (non-hydrogen) atoms. The van der Waals surface area contributed by atoms with Crippen molar-refractivity contribution in [1.82, 2.24) is 10.6 Å². The highest BCUT2D eigenvalue weighted by atomic mass is 16.6. The summed E-state index contributed by atoms with van der Waals surface area (Å²) in [6.45, 7) is 16.5. The van der Waals surface area contributed by atoms with Gasteiger partial charge in [0, 0.05) is 20.1 Å². The number of ether oxygens (including phenoxy) is 3. The lowest BCUT2D eigenvalue weighted by atomic mass is 9.78. The van der Waals surface area contributed by atoms with Crippen molar-refractivity contribution in [3.05, 3.63) is 29.8 Å². The number of hydrogen-bond donors (Lipinski definition) is 4. The molecule has 0 bridgehead atoms. The van der Waals surface area contributed by atoms with Gasteiger partial charge >= 0.3 is 6.09 Å². The number of methoxy groups -OCH3 is 1. The Morgan fingerprint density at radius 2 is 1.61 bits per heavy atom. The molecule has 0 aliphatic rings. The number of aliphatic hydroxyl groups is 1. The molecule has 1 rings (SSSR count). The highest BCUT2D eigenvalue weighted by molar-refractivity contribution is 5.99. The van der Waals surface area contributed by atoms with Crippen LogP contribution in [-0.2, 0) is 14.3 Å². The van der Waals surface area contributed by atoms with Gasteiger partial charge in [-0.1, -0.05) is 66.0 Å². The molecule has 0 aliphatic carbocycles. The molecule has 5 N–H and O–H groups in total. The van der Waals surface area contributed by atoms with Crippen LogP contribution in [0.15, 0.2) is 24.3 Å². The first kappa shape index (κ1) is 39.2. The molecular formula is C34H59N3O7. The number of amides is 3. The summed E-state index contributed by atoms with van der Waals surface area (Å²) in [5.41, 5.74) is 5.43. The number of nitrogens with one attached hydrogen (secondary N) is 2. The molecular weight excluding hydrogens is 562 g/mol. The summed E-state index contributed by atoms with van der Waals surface area (Å²) in [5, 5.41) is 17.3. The Morgan fingerprint density at radius 3 is 2.16 bits per heavy atom. The van der Waals surface area contributed by atoms with Crippen LogP contribution in [0, 0.1) is 23.7 Å². The summed E-state index contributed by atoms with van der Waals surface area (Å²) in [6.07, 6.45) is 2.82. The van der Waals surface area contributed by atoms with Gasteiger partial charge in [0.15, 0.2) is 0 Å². The summed E-state index contributed by atoms with van der Waals surface area (Å²) < 4.78 is 16.4. The number of benzene rings is 1. The summed E-state index contributed by atoms with van der Waals surface area (Å²) in [6, 6.07) is 5.00. The Bertz CT molecular complexity index is 1010. The van der Waals surface area contributed by atoms with Crippen LogP contribution in [0.4, 0.5) is 4.79 Å². The number of nitrogens with two attached hydrogens (primary N) is 1. The second-order valence-corrected chi connectivity index (χ2v) is 13.4. The maximum absolute atomic E-state index is 13.5. The van der Waals surface area contributed by atoms with Crippen LogP contribution in [0.2, 0.25) is 0 Å². The number of carbonyl (C=O) groups excluding carboxylic acids is 3. The topological polar surface area (TPSA) is 149 Å². The number of hydrogen-bond acceptors (Lipinski definition) is 7. The van der Waals surface area contributed by atoms with Crippen LogP contribution in [-0.4, -0.2) is 67.1 Å². The Kier molecular flexibility index (Phi) is 17.4. The first-order valence-corrected chi connectivity index (χ1v) is 16.1. The van der Waals surface area contributed by atoms with Gasteiger partial charge in [-0.25, -0.2) is 4.79 Å². The van der Waals surface area contributed by atoms with Gasteiger partial charge in [0.2, 0.25) is 5.91 Å². The van der Waals surface area contributed by atoms with Crippen molar-refractivity contribution >= 4 is 17.9 Å². The summed E-state index contributed by atoms with van der Waals surface area (Å²) in [7, 11) is 1.61. The molecule has 10 nitrogen and oxygen atoms in total. The van der Waals surface area contributed by atoms with Gasteiger partial charge in [-0.05, 0) is 69.4 Å². The van der Waals surface area contributed by atoms with Crippen molar-refractivity contribution in [2.75, 3.05) is 20.3 Å². The monoisotopic (exact) mass is 621 g/mol. The van der Waals surface area contributed by atoms with Gasteiger partial charge in [0.05, 0.1) is 24.3 Å². The fraction of sp³-hybridized carbons (Fsp3) is 0.735. The molecule has 0 radical (unpaired) electrons. The molecule has 1 unspecified atom stereocenters. The maximum atomic E-state index is 13.5. The van der Waals surface area contributed by atoms with E-state index in [1.807, 2.05) is 13.8 Å². The lowest BCUT2D eigenvalue weighted by molar-refractivity contribution is -0.121. The van der Waals surface area contributed by atoms with Gasteiger partial charge in [-0.2, -0.15) is 0 Å². The number of unbranched alkanes of at least 4 members (excludes halogenated alkanes) is 1. The standard InChI is InChI=1S/C34H59N3O7/c1-10-11-15-24(22(2)3)20-28(38)27(36-33(41)44-34(6,7)8)21-26(23(4)5)30(31(35)39)37-32(40)25-16-12-13-17-29(25)43-19-14-18-42-9/h12-13,16-17,22-24,26-28,30,38H,10-11,14-15,18-21H2,1-9H3,(H2,35,39)(H,36,41)(H,37,40)/t24-,26-,27-,28-,30?/m0/s1. The molecule has 0 fully saturated rings. The maximum Gasteiger partial charge on any atom is 0.407 e. The molecule has 0 heterocycles. The third-order valence-electron chi connectivity index (χ3n) is 7.87. The van der Waals surface area contributed by atoms with E-state index in [9.17, 15) is 19.5 Å². The number of aliphatic hydroxyl groups excluding tert-OH is 1. The summed E-state index contributed by atoms with van der Waals surface area (Å²) >= 11 is 0. The molecule has 0 spiro atoms. The van der Waals surface area contributed by atoms with Crippen molar-refractivity contribution < 1.29 is 33.7 Å². The zero-order chi connectivity index (χ0) is 33.4. The highest BCUT2D eigenvalue weighted by Crippen LogP contribution is 2.29. The smallest absolute Gasteiger partial charge is 0.407 e. The van der Waals surface area contributed by atoms with E-state index in [0.717, 1.165) is 19.3 Å². The van der Waals surface area contributed by atoms with Crippen molar-refractivity contribution in [2.45, 2.75) is 118 Å². The lowest BCUT2D eigenvalue weighted by Crippen LogP contribution is -2.54. The van der Waals surface area contributed by atoms with Crippen LogP contribution < -0.4 is 21.1 Å². The van der Waals surface area contributed by atoms with Gasteiger partial charge < -0.3 is 35.7 Å². The van der Waals surface area contributed by atoms with Gasteiger partial charge in [-0.3, -0.25) is 9.59 Å². The molecule has 3 amide bonds. The third-order valence-corrected chi connectivity index (χ3v) is 7.87. The van der Waals surface area contributed by atoms with E-state index in [2.05, 4.69) is 31.4 Å².